The van der Waals surface area contributed by atoms with E-state index >= 15 is 0 Å². The van der Waals surface area contributed by atoms with Gasteiger partial charge in [-0.1, -0.05) is 6.58 Å². The molecule has 0 radical (unpaired) electrons. The fourth-order valence-corrected chi connectivity index (χ4v) is 0.361. The van der Waals surface area contributed by atoms with Crippen molar-refractivity contribution in [3.63, 3.8) is 0 Å². The van der Waals surface area contributed by atoms with Gasteiger partial charge in [0.25, 0.3) is 0 Å². The summed E-state index contributed by atoms with van der Waals surface area (Å²) in [5, 5.41) is 9.13. The van der Waals surface area contributed by atoms with E-state index in [1.165, 1.54) is 6.92 Å². The molecule has 58 valence electrons. The summed E-state index contributed by atoms with van der Waals surface area (Å²) >= 11 is 0. The molecule has 0 saturated heterocycles. The van der Waals surface area contributed by atoms with E-state index in [1.807, 2.05) is 0 Å². The standard InChI is InChI=1S/C7H12O3/c1-4-7(3,9)6(8)10-5-2/h4,9H,1,5H2,2-3H3. The summed E-state index contributed by atoms with van der Waals surface area (Å²) in [7, 11) is 0. The van der Waals surface area contributed by atoms with Gasteiger partial charge in [-0.15, -0.1) is 0 Å². The second kappa shape index (κ2) is 3.37. The van der Waals surface area contributed by atoms with Gasteiger partial charge in [0.1, 0.15) is 0 Å². The van der Waals surface area contributed by atoms with Crippen molar-refractivity contribution < 1.29 is 14.6 Å². The van der Waals surface area contributed by atoms with E-state index in [0.717, 1.165) is 6.08 Å². The van der Waals surface area contributed by atoms with Gasteiger partial charge in [0.15, 0.2) is 5.60 Å². The van der Waals surface area contributed by atoms with Crippen LogP contribution in [0.25, 0.3) is 0 Å². The van der Waals surface area contributed by atoms with E-state index in [9.17, 15) is 4.79 Å². The van der Waals surface area contributed by atoms with Crippen LogP contribution >= 0.6 is 0 Å². The number of rotatable bonds is 3. The van der Waals surface area contributed by atoms with Gasteiger partial charge >= 0.3 is 5.97 Å². The molecule has 0 fully saturated rings. The Morgan fingerprint density at radius 3 is 2.70 bits per heavy atom. The quantitative estimate of drug-likeness (QED) is 0.463. The van der Waals surface area contributed by atoms with Crippen LogP contribution in [-0.4, -0.2) is 23.3 Å². The largest absolute Gasteiger partial charge is 0.464 e. The Morgan fingerprint density at radius 1 is 1.90 bits per heavy atom. The van der Waals surface area contributed by atoms with Crippen LogP contribution < -0.4 is 0 Å². The molecule has 0 saturated carbocycles. The second-order valence-electron chi connectivity index (χ2n) is 2.07. The van der Waals surface area contributed by atoms with Crippen LogP contribution in [0, 0.1) is 0 Å². The summed E-state index contributed by atoms with van der Waals surface area (Å²) < 4.78 is 4.54. The molecule has 0 heterocycles. The number of aliphatic hydroxyl groups is 1. The van der Waals surface area contributed by atoms with Crippen molar-refractivity contribution in [1.29, 1.82) is 0 Å². The highest BCUT2D eigenvalue weighted by molar-refractivity contribution is 5.80. The summed E-state index contributed by atoms with van der Waals surface area (Å²) in [6.07, 6.45) is 1.14. The maximum Gasteiger partial charge on any atom is 0.341 e. The maximum atomic E-state index is 10.8. The molecule has 0 aromatic rings. The first kappa shape index (κ1) is 9.17. The fraction of sp³-hybridized carbons (Fsp3) is 0.571. The van der Waals surface area contributed by atoms with Crippen LogP contribution in [0.1, 0.15) is 13.8 Å². The molecule has 0 bridgehead atoms. The lowest BCUT2D eigenvalue weighted by molar-refractivity contribution is -0.158. The number of hydrogen-bond donors (Lipinski definition) is 1. The molecule has 0 aromatic carbocycles. The van der Waals surface area contributed by atoms with Crippen molar-refractivity contribution in [2.24, 2.45) is 0 Å². The maximum absolute atomic E-state index is 10.8. The minimum atomic E-state index is -1.55. The van der Waals surface area contributed by atoms with Crippen molar-refractivity contribution in [2.75, 3.05) is 6.61 Å². The summed E-state index contributed by atoms with van der Waals surface area (Å²) in [6, 6.07) is 0. The number of hydrogen-bond acceptors (Lipinski definition) is 3. The Labute approximate surface area is 60.3 Å². The van der Waals surface area contributed by atoms with Gasteiger partial charge in [0.05, 0.1) is 6.61 Å². The highest BCUT2D eigenvalue weighted by Crippen LogP contribution is 2.05. The monoisotopic (exact) mass is 144 g/mol. The van der Waals surface area contributed by atoms with Crippen molar-refractivity contribution in [3.8, 4) is 0 Å². The summed E-state index contributed by atoms with van der Waals surface area (Å²) in [4.78, 5) is 10.8. The van der Waals surface area contributed by atoms with Gasteiger partial charge < -0.3 is 9.84 Å². The zero-order chi connectivity index (χ0) is 8.20. The predicted octanol–water partition coefficient (Wildman–Crippen LogP) is 0.486. The first-order valence-electron chi connectivity index (χ1n) is 3.07. The van der Waals surface area contributed by atoms with Gasteiger partial charge in [-0.05, 0) is 19.9 Å². The van der Waals surface area contributed by atoms with Crippen molar-refractivity contribution in [3.05, 3.63) is 12.7 Å². The van der Waals surface area contributed by atoms with Gasteiger partial charge in [0, 0.05) is 0 Å². The topological polar surface area (TPSA) is 46.5 Å². The third-order valence-corrected chi connectivity index (χ3v) is 1.09. The van der Waals surface area contributed by atoms with E-state index in [1.54, 1.807) is 6.92 Å². The molecule has 0 rings (SSSR count). The molecule has 0 aliphatic heterocycles. The molecule has 0 amide bonds. The van der Waals surface area contributed by atoms with Crippen LogP contribution in [0.4, 0.5) is 0 Å². The Bertz CT molecular complexity index is 138. The molecule has 1 N–H and O–H groups in total. The normalized spacial score (nSPS) is 15.5. The molecular weight excluding hydrogens is 132 g/mol. The fourth-order valence-electron chi connectivity index (χ4n) is 0.361. The molecule has 1 atom stereocenters. The number of ether oxygens (including phenoxy) is 1. The highest BCUT2D eigenvalue weighted by atomic mass is 16.5. The molecule has 3 nitrogen and oxygen atoms in total. The van der Waals surface area contributed by atoms with E-state index in [4.69, 9.17) is 5.11 Å². The van der Waals surface area contributed by atoms with Crippen LogP contribution in [0.2, 0.25) is 0 Å². The molecule has 0 spiro atoms. The first-order chi connectivity index (χ1) is 4.54. The lowest BCUT2D eigenvalue weighted by Crippen LogP contribution is -2.34. The molecule has 10 heavy (non-hydrogen) atoms. The van der Waals surface area contributed by atoms with Crippen LogP contribution in [0.3, 0.4) is 0 Å². The molecule has 1 unspecified atom stereocenters. The summed E-state index contributed by atoms with van der Waals surface area (Å²) in [5.74, 6) is -0.662. The van der Waals surface area contributed by atoms with Gasteiger partial charge in [-0.3, -0.25) is 0 Å². The van der Waals surface area contributed by atoms with Gasteiger partial charge in [0.2, 0.25) is 0 Å². The van der Waals surface area contributed by atoms with E-state index < -0.39 is 11.6 Å². The Balaban J connectivity index is 4.04. The van der Waals surface area contributed by atoms with Crippen molar-refractivity contribution >= 4 is 5.97 Å². The minimum Gasteiger partial charge on any atom is -0.464 e. The molecular formula is C7H12O3. The highest BCUT2D eigenvalue weighted by Gasteiger charge is 2.27. The smallest absolute Gasteiger partial charge is 0.341 e. The summed E-state index contributed by atoms with van der Waals surface area (Å²) in [6.45, 7) is 6.56. The second-order valence-corrected chi connectivity index (χ2v) is 2.07. The number of esters is 1. The molecule has 3 heteroatoms. The molecule has 0 aliphatic carbocycles. The zero-order valence-corrected chi connectivity index (χ0v) is 6.26. The minimum absolute atomic E-state index is 0.267. The zero-order valence-electron chi connectivity index (χ0n) is 6.26. The van der Waals surface area contributed by atoms with Crippen molar-refractivity contribution in [1.82, 2.24) is 0 Å². The average Bonchev–Trinajstić information content (AvgIpc) is 1.89. The van der Waals surface area contributed by atoms with Gasteiger partial charge in [-0.2, -0.15) is 0 Å². The molecule has 0 aliphatic rings. The van der Waals surface area contributed by atoms with Gasteiger partial charge in [-0.25, -0.2) is 4.79 Å². The third kappa shape index (κ3) is 2.19. The molecule has 0 aromatic heterocycles. The SMILES string of the molecule is C=CC(C)(O)C(=O)OCC. The van der Waals surface area contributed by atoms with Crippen LogP contribution in [0.15, 0.2) is 12.7 Å². The van der Waals surface area contributed by atoms with Crippen LogP contribution in [-0.2, 0) is 9.53 Å². The Hall–Kier alpha value is -0.830. The number of carbonyl (C=O) groups is 1. The van der Waals surface area contributed by atoms with Crippen molar-refractivity contribution in [2.45, 2.75) is 19.4 Å². The van der Waals surface area contributed by atoms with E-state index in [0.29, 0.717) is 0 Å². The summed E-state index contributed by atoms with van der Waals surface area (Å²) in [5.41, 5.74) is -1.55. The first-order valence-corrected chi connectivity index (χ1v) is 3.07. The predicted molar refractivity (Wildman–Crippen MR) is 37.5 cm³/mol. The van der Waals surface area contributed by atoms with E-state index in [-0.39, 0.29) is 6.61 Å². The Kier molecular flexibility index (Phi) is 3.09. The average molecular weight is 144 g/mol. The lowest BCUT2D eigenvalue weighted by Gasteiger charge is -2.15. The Morgan fingerprint density at radius 2 is 2.40 bits per heavy atom. The lowest BCUT2D eigenvalue weighted by atomic mass is 10.1. The van der Waals surface area contributed by atoms with E-state index in [2.05, 4.69) is 11.3 Å². The third-order valence-electron chi connectivity index (χ3n) is 1.09. The number of carbonyl (C=O) groups excluding carboxylic acids is 1. The van der Waals surface area contributed by atoms with Crippen LogP contribution in [0.5, 0.6) is 0 Å².